The van der Waals surface area contributed by atoms with Gasteiger partial charge in [0.1, 0.15) is 0 Å². The largest absolute Gasteiger partial charge is 0.392 e. The van der Waals surface area contributed by atoms with E-state index >= 15 is 0 Å². The fourth-order valence-electron chi connectivity index (χ4n) is 1.81. The van der Waals surface area contributed by atoms with Crippen LogP contribution < -0.4 is 0 Å². The molecule has 0 aliphatic rings. The fraction of sp³-hybridized carbons (Fsp3) is 0.571. The lowest BCUT2D eigenvalue weighted by molar-refractivity contribution is 0.257. The van der Waals surface area contributed by atoms with E-state index in [0.29, 0.717) is 11.1 Å². The molecular formula is C14H23NO3S. The molecule has 1 N–H and O–H groups in total. The normalized spacial score (nSPS) is 13.0. The van der Waals surface area contributed by atoms with Gasteiger partial charge in [0.05, 0.1) is 11.5 Å². The molecule has 0 radical (unpaired) electrons. The van der Waals surface area contributed by atoms with Crippen molar-refractivity contribution in [2.45, 2.75) is 51.2 Å². The zero-order valence-electron chi connectivity index (χ0n) is 12.3. The van der Waals surface area contributed by atoms with Crippen LogP contribution >= 0.6 is 0 Å². The summed E-state index contributed by atoms with van der Waals surface area (Å²) in [6.45, 7) is 7.33. The molecule has 1 aromatic carbocycles. The van der Waals surface area contributed by atoms with Crippen LogP contribution in [0, 0.1) is 6.92 Å². The second-order valence-corrected chi connectivity index (χ2v) is 7.27. The number of sulfonamides is 1. The molecular weight excluding hydrogens is 262 g/mol. The highest BCUT2D eigenvalue weighted by molar-refractivity contribution is 7.89. The van der Waals surface area contributed by atoms with Gasteiger partial charge in [-0.3, -0.25) is 0 Å². The molecule has 0 unspecified atom stereocenters. The van der Waals surface area contributed by atoms with Crippen molar-refractivity contribution < 1.29 is 13.5 Å². The van der Waals surface area contributed by atoms with Gasteiger partial charge in [-0.05, 0) is 44.4 Å². The molecule has 108 valence electrons. The Morgan fingerprint density at radius 3 is 2.37 bits per heavy atom. The van der Waals surface area contributed by atoms with Crippen molar-refractivity contribution in [1.29, 1.82) is 0 Å². The van der Waals surface area contributed by atoms with Crippen LogP contribution in [0.3, 0.4) is 0 Å². The van der Waals surface area contributed by atoms with E-state index < -0.39 is 15.6 Å². The van der Waals surface area contributed by atoms with Crippen LogP contribution in [0.2, 0.25) is 0 Å². The highest BCUT2D eigenvalue weighted by atomic mass is 32.2. The topological polar surface area (TPSA) is 57.6 Å². The number of hydrogen-bond donors (Lipinski definition) is 1. The van der Waals surface area contributed by atoms with E-state index in [2.05, 4.69) is 0 Å². The van der Waals surface area contributed by atoms with Crippen LogP contribution in [0.15, 0.2) is 23.1 Å². The van der Waals surface area contributed by atoms with Crippen LogP contribution in [0.5, 0.6) is 0 Å². The first-order valence-electron chi connectivity index (χ1n) is 6.37. The number of rotatable bonds is 5. The van der Waals surface area contributed by atoms with Crippen molar-refractivity contribution in [1.82, 2.24) is 4.31 Å². The molecule has 0 aliphatic carbocycles. The Kier molecular flexibility index (Phi) is 4.76. The minimum absolute atomic E-state index is 0.157. The van der Waals surface area contributed by atoms with Gasteiger partial charge in [-0.1, -0.05) is 19.1 Å². The molecule has 0 atom stereocenters. The molecule has 19 heavy (non-hydrogen) atoms. The SMILES string of the molecule is CCC(C)(C)N(C)S(=O)(=O)c1cccc(CO)c1C. The van der Waals surface area contributed by atoms with Gasteiger partial charge in [0.2, 0.25) is 10.0 Å². The summed E-state index contributed by atoms with van der Waals surface area (Å²) in [6.07, 6.45) is 0.724. The summed E-state index contributed by atoms with van der Waals surface area (Å²) >= 11 is 0. The highest BCUT2D eigenvalue weighted by Crippen LogP contribution is 2.28. The maximum Gasteiger partial charge on any atom is 0.243 e. The molecule has 0 saturated heterocycles. The van der Waals surface area contributed by atoms with E-state index in [1.807, 2.05) is 20.8 Å². The van der Waals surface area contributed by atoms with Gasteiger partial charge in [-0.2, -0.15) is 4.31 Å². The van der Waals surface area contributed by atoms with E-state index in [4.69, 9.17) is 0 Å². The predicted octanol–water partition coefficient (Wildman–Crippen LogP) is 2.30. The van der Waals surface area contributed by atoms with Crippen molar-refractivity contribution >= 4 is 10.0 Å². The molecule has 0 amide bonds. The van der Waals surface area contributed by atoms with Gasteiger partial charge < -0.3 is 5.11 Å². The lowest BCUT2D eigenvalue weighted by Crippen LogP contribution is -2.44. The van der Waals surface area contributed by atoms with E-state index in [1.54, 1.807) is 32.2 Å². The Morgan fingerprint density at radius 1 is 1.32 bits per heavy atom. The highest BCUT2D eigenvalue weighted by Gasteiger charge is 2.33. The van der Waals surface area contributed by atoms with Gasteiger partial charge in [0, 0.05) is 12.6 Å². The minimum Gasteiger partial charge on any atom is -0.392 e. The zero-order valence-corrected chi connectivity index (χ0v) is 13.1. The molecule has 0 heterocycles. The van der Waals surface area contributed by atoms with Crippen LogP contribution in [0.4, 0.5) is 0 Å². The lowest BCUT2D eigenvalue weighted by atomic mass is 10.0. The number of aliphatic hydroxyl groups is 1. The van der Waals surface area contributed by atoms with Gasteiger partial charge in [-0.15, -0.1) is 0 Å². The minimum atomic E-state index is -3.55. The first kappa shape index (κ1) is 16.1. The summed E-state index contributed by atoms with van der Waals surface area (Å²) in [5, 5.41) is 9.24. The van der Waals surface area contributed by atoms with Crippen molar-refractivity contribution in [3.63, 3.8) is 0 Å². The fourth-order valence-corrected chi connectivity index (χ4v) is 3.65. The van der Waals surface area contributed by atoms with Crippen molar-refractivity contribution in [2.75, 3.05) is 7.05 Å². The summed E-state index contributed by atoms with van der Waals surface area (Å²) < 4.78 is 26.7. The van der Waals surface area contributed by atoms with Crippen LogP contribution in [-0.2, 0) is 16.6 Å². The van der Waals surface area contributed by atoms with Crippen molar-refractivity contribution in [3.05, 3.63) is 29.3 Å². The van der Waals surface area contributed by atoms with Crippen molar-refractivity contribution in [2.24, 2.45) is 0 Å². The average Bonchev–Trinajstić information content (AvgIpc) is 2.37. The third-order valence-electron chi connectivity index (χ3n) is 3.92. The third-order valence-corrected chi connectivity index (χ3v) is 6.14. The van der Waals surface area contributed by atoms with Crippen LogP contribution in [0.25, 0.3) is 0 Å². The molecule has 0 spiro atoms. The van der Waals surface area contributed by atoms with Gasteiger partial charge in [0.25, 0.3) is 0 Å². The second kappa shape index (κ2) is 5.61. The maximum atomic E-state index is 12.7. The zero-order chi connectivity index (χ0) is 14.8. The summed E-state index contributed by atoms with van der Waals surface area (Å²) in [5.41, 5.74) is 0.813. The molecule has 1 rings (SSSR count). The smallest absolute Gasteiger partial charge is 0.243 e. The standard InChI is InChI=1S/C14H23NO3S/c1-6-14(3,4)15(5)19(17,18)13-9-7-8-12(10-16)11(13)2/h7-9,16H,6,10H2,1-5H3. The molecule has 5 heteroatoms. The lowest BCUT2D eigenvalue weighted by Gasteiger charge is -2.34. The number of hydrogen-bond acceptors (Lipinski definition) is 3. The summed E-state index contributed by atoms with van der Waals surface area (Å²) in [4.78, 5) is 0.267. The van der Waals surface area contributed by atoms with Gasteiger partial charge in [0.15, 0.2) is 0 Å². The summed E-state index contributed by atoms with van der Waals surface area (Å²) in [6, 6.07) is 4.99. The Balaban J connectivity index is 3.37. The first-order valence-corrected chi connectivity index (χ1v) is 7.81. The molecule has 0 aromatic heterocycles. The molecule has 1 aromatic rings. The summed E-state index contributed by atoms with van der Waals surface area (Å²) in [5.74, 6) is 0. The Bertz CT molecular complexity index is 550. The second-order valence-electron chi connectivity index (χ2n) is 5.34. The monoisotopic (exact) mass is 285 g/mol. The quantitative estimate of drug-likeness (QED) is 0.903. The van der Waals surface area contributed by atoms with Gasteiger partial charge in [-0.25, -0.2) is 8.42 Å². The third kappa shape index (κ3) is 2.99. The summed E-state index contributed by atoms with van der Waals surface area (Å²) in [7, 11) is -1.95. The van der Waals surface area contributed by atoms with E-state index in [0.717, 1.165) is 6.42 Å². The van der Waals surface area contributed by atoms with Crippen LogP contribution in [-0.4, -0.2) is 30.4 Å². The maximum absolute atomic E-state index is 12.7. The van der Waals surface area contributed by atoms with Gasteiger partial charge >= 0.3 is 0 Å². The van der Waals surface area contributed by atoms with E-state index in [9.17, 15) is 13.5 Å². The molecule has 0 saturated carbocycles. The molecule has 0 aliphatic heterocycles. The predicted molar refractivity (Wildman–Crippen MR) is 76.4 cm³/mol. The molecule has 4 nitrogen and oxygen atoms in total. The number of aliphatic hydroxyl groups excluding tert-OH is 1. The van der Waals surface area contributed by atoms with Crippen molar-refractivity contribution in [3.8, 4) is 0 Å². The van der Waals surface area contributed by atoms with Crippen LogP contribution in [0.1, 0.15) is 38.3 Å². The van der Waals surface area contributed by atoms with E-state index in [1.165, 1.54) is 4.31 Å². The molecule has 0 fully saturated rings. The number of nitrogens with zero attached hydrogens (tertiary/aromatic N) is 1. The molecule has 0 bridgehead atoms. The first-order chi connectivity index (χ1) is 8.68. The Labute approximate surface area is 116 Å². The average molecular weight is 285 g/mol. The Morgan fingerprint density at radius 2 is 1.89 bits per heavy atom. The van der Waals surface area contributed by atoms with E-state index in [-0.39, 0.29) is 11.5 Å². The number of benzene rings is 1. The Hall–Kier alpha value is -0.910.